The number of aliphatic hydroxyl groups is 1. The number of unbranched alkanes of at least 4 members (excludes halogenated alkanes) is 1. The van der Waals surface area contributed by atoms with Crippen LogP contribution in [0.25, 0.3) is 0 Å². The number of sulfonamides is 1. The predicted octanol–water partition coefficient (Wildman–Crippen LogP) is 1.89. The Morgan fingerprint density at radius 2 is 1.75 bits per heavy atom. The molecule has 0 atom stereocenters. The molecule has 0 radical (unpaired) electrons. The van der Waals surface area contributed by atoms with Gasteiger partial charge in [-0.1, -0.05) is 0 Å². The van der Waals surface area contributed by atoms with Crippen LogP contribution in [0.5, 0.6) is 0 Å². The topological polar surface area (TPSA) is 57.6 Å². The van der Waals surface area contributed by atoms with Gasteiger partial charge in [-0.2, -0.15) is 4.31 Å². The van der Waals surface area contributed by atoms with Crippen molar-refractivity contribution in [2.45, 2.75) is 36.6 Å². The third kappa shape index (κ3) is 3.53. The second-order valence-corrected chi connectivity index (χ2v) is 6.77. The highest BCUT2D eigenvalue weighted by molar-refractivity contribution is 7.89. The van der Waals surface area contributed by atoms with Crippen molar-refractivity contribution < 1.29 is 22.3 Å². The minimum Gasteiger partial charge on any atom is -0.396 e. The molecule has 112 valence electrons. The maximum Gasteiger partial charge on any atom is 0.243 e. The second kappa shape index (κ2) is 6.15. The van der Waals surface area contributed by atoms with Gasteiger partial charge in [-0.3, -0.25) is 0 Å². The van der Waals surface area contributed by atoms with Gasteiger partial charge in [0.25, 0.3) is 0 Å². The van der Waals surface area contributed by atoms with E-state index in [0.29, 0.717) is 18.9 Å². The van der Waals surface area contributed by atoms with E-state index < -0.39 is 21.7 Å². The van der Waals surface area contributed by atoms with Crippen LogP contribution in [0.15, 0.2) is 23.1 Å². The molecule has 0 bridgehead atoms. The Morgan fingerprint density at radius 1 is 1.15 bits per heavy atom. The Labute approximate surface area is 117 Å². The van der Waals surface area contributed by atoms with Gasteiger partial charge in [-0.25, -0.2) is 17.2 Å². The van der Waals surface area contributed by atoms with Gasteiger partial charge < -0.3 is 5.11 Å². The van der Waals surface area contributed by atoms with E-state index >= 15 is 0 Å². The largest absolute Gasteiger partial charge is 0.396 e. The zero-order chi connectivity index (χ0) is 14.8. The predicted molar refractivity (Wildman–Crippen MR) is 69.6 cm³/mol. The summed E-state index contributed by atoms with van der Waals surface area (Å²) in [5.41, 5.74) is 0. The highest BCUT2D eigenvalue weighted by Gasteiger charge is 2.37. The smallest absolute Gasteiger partial charge is 0.243 e. The van der Waals surface area contributed by atoms with Crippen LogP contribution in [0.4, 0.5) is 8.78 Å². The van der Waals surface area contributed by atoms with E-state index in [1.807, 2.05) is 0 Å². The molecule has 1 saturated carbocycles. The lowest BCUT2D eigenvalue weighted by Crippen LogP contribution is -2.34. The summed E-state index contributed by atoms with van der Waals surface area (Å²) >= 11 is 0. The summed E-state index contributed by atoms with van der Waals surface area (Å²) in [5.74, 6) is -1.82. The fraction of sp³-hybridized carbons (Fsp3) is 0.538. The van der Waals surface area contributed by atoms with Crippen molar-refractivity contribution in [1.29, 1.82) is 0 Å². The fourth-order valence-electron chi connectivity index (χ4n) is 2.05. The van der Waals surface area contributed by atoms with E-state index in [1.165, 1.54) is 4.31 Å². The first-order chi connectivity index (χ1) is 9.45. The number of nitrogens with zero attached hydrogens (tertiary/aromatic N) is 1. The Hall–Kier alpha value is -1.05. The van der Waals surface area contributed by atoms with Crippen LogP contribution >= 0.6 is 0 Å². The number of hydrogen-bond acceptors (Lipinski definition) is 3. The molecule has 1 N–H and O–H groups in total. The standard InChI is InChI=1S/C13H17F2NO3S/c14-10-7-11(15)9-13(8-10)20(18,19)16(12-3-4-12)5-1-2-6-17/h7-9,12,17H,1-6H2. The van der Waals surface area contributed by atoms with Crippen molar-refractivity contribution in [3.63, 3.8) is 0 Å². The summed E-state index contributed by atoms with van der Waals surface area (Å²) in [6.45, 7) is 0.249. The summed E-state index contributed by atoms with van der Waals surface area (Å²) < 4.78 is 52.6. The van der Waals surface area contributed by atoms with Crippen LogP contribution in [0.3, 0.4) is 0 Å². The average Bonchev–Trinajstić information content (AvgIpc) is 3.17. The molecular formula is C13H17F2NO3S. The first-order valence-electron chi connectivity index (χ1n) is 6.54. The van der Waals surface area contributed by atoms with Gasteiger partial charge in [0.05, 0.1) is 4.90 Å². The van der Waals surface area contributed by atoms with E-state index in [-0.39, 0.29) is 24.1 Å². The lowest BCUT2D eigenvalue weighted by atomic mass is 10.3. The third-order valence-electron chi connectivity index (χ3n) is 3.18. The number of benzene rings is 1. The van der Waals surface area contributed by atoms with Gasteiger partial charge >= 0.3 is 0 Å². The Bertz CT molecular complexity index is 553. The Morgan fingerprint density at radius 3 is 2.25 bits per heavy atom. The van der Waals surface area contributed by atoms with E-state index in [1.54, 1.807) is 0 Å². The molecule has 0 aromatic heterocycles. The summed E-state index contributed by atoms with van der Waals surface area (Å²) in [5, 5.41) is 8.76. The van der Waals surface area contributed by atoms with Crippen molar-refractivity contribution in [1.82, 2.24) is 4.31 Å². The highest BCUT2D eigenvalue weighted by Crippen LogP contribution is 2.32. The zero-order valence-electron chi connectivity index (χ0n) is 10.9. The van der Waals surface area contributed by atoms with E-state index in [2.05, 4.69) is 0 Å². The fourth-order valence-corrected chi connectivity index (χ4v) is 3.82. The number of hydrogen-bond donors (Lipinski definition) is 1. The molecule has 0 heterocycles. The van der Waals surface area contributed by atoms with Gasteiger partial charge in [0, 0.05) is 25.3 Å². The monoisotopic (exact) mass is 305 g/mol. The first-order valence-corrected chi connectivity index (χ1v) is 7.98. The van der Waals surface area contributed by atoms with Gasteiger partial charge in [0.2, 0.25) is 10.0 Å². The molecule has 1 aromatic carbocycles. The maximum absolute atomic E-state index is 13.2. The molecule has 1 aliphatic carbocycles. The first kappa shape index (κ1) is 15.3. The molecule has 20 heavy (non-hydrogen) atoms. The lowest BCUT2D eigenvalue weighted by Gasteiger charge is -2.21. The summed E-state index contributed by atoms with van der Waals surface area (Å²) in [6, 6.07) is 2.22. The Kier molecular flexibility index (Phi) is 4.72. The Balaban J connectivity index is 2.25. The van der Waals surface area contributed by atoms with Crippen LogP contribution in [-0.2, 0) is 10.0 Å². The molecule has 0 unspecified atom stereocenters. The minimum absolute atomic E-state index is 0.00680. The van der Waals surface area contributed by atoms with E-state index in [4.69, 9.17) is 5.11 Å². The van der Waals surface area contributed by atoms with Crippen molar-refractivity contribution in [2.24, 2.45) is 0 Å². The number of rotatable bonds is 7. The minimum atomic E-state index is -3.89. The normalized spacial score (nSPS) is 15.8. The second-order valence-electron chi connectivity index (χ2n) is 4.88. The van der Waals surface area contributed by atoms with E-state index in [0.717, 1.165) is 25.0 Å². The van der Waals surface area contributed by atoms with Gasteiger partial charge in [0.1, 0.15) is 11.6 Å². The van der Waals surface area contributed by atoms with Crippen molar-refractivity contribution >= 4 is 10.0 Å². The molecule has 0 spiro atoms. The average molecular weight is 305 g/mol. The molecule has 0 saturated heterocycles. The molecule has 1 fully saturated rings. The van der Waals surface area contributed by atoms with Gasteiger partial charge in [-0.15, -0.1) is 0 Å². The van der Waals surface area contributed by atoms with Crippen LogP contribution < -0.4 is 0 Å². The molecular weight excluding hydrogens is 288 g/mol. The van der Waals surface area contributed by atoms with Crippen LogP contribution in [0.2, 0.25) is 0 Å². The van der Waals surface area contributed by atoms with Crippen molar-refractivity contribution in [2.75, 3.05) is 13.2 Å². The molecule has 2 rings (SSSR count). The molecule has 0 aliphatic heterocycles. The summed E-state index contributed by atoms with van der Waals surface area (Å²) in [6.07, 6.45) is 2.53. The molecule has 0 amide bonds. The number of aliphatic hydroxyl groups excluding tert-OH is 1. The zero-order valence-corrected chi connectivity index (χ0v) is 11.7. The van der Waals surface area contributed by atoms with Crippen LogP contribution in [0.1, 0.15) is 25.7 Å². The lowest BCUT2D eigenvalue weighted by molar-refractivity contribution is 0.275. The van der Waals surface area contributed by atoms with E-state index in [9.17, 15) is 17.2 Å². The maximum atomic E-state index is 13.2. The summed E-state index contributed by atoms with van der Waals surface area (Å²) in [7, 11) is -3.89. The van der Waals surface area contributed by atoms with Crippen LogP contribution in [-0.4, -0.2) is 37.0 Å². The van der Waals surface area contributed by atoms with Crippen LogP contribution in [0, 0.1) is 11.6 Å². The molecule has 1 aliphatic rings. The SMILES string of the molecule is O=S(=O)(c1cc(F)cc(F)c1)N(CCCCO)C1CC1. The van der Waals surface area contributed by atoms with Gasteiger partial charge in [-0.05, 0) is 37.8 Å². The highest BCUT2D eigenvalue weighted by atomic mass is 32.2. The van der Waals surface area contributed by atoms with Gasteiger partial charge in [0.15, 0.2) is 0 Å². The van der Waals surface area contributed by atoms with Crippen molar-refractivity contribution in [3.8, 4) is 0 Å². The molecule has 4 nitrogen and oxygen atoms in total. The molecule has 1 aromatic rings. The third-order valence-corrected chi connectivity index (χ3v) is 5.11. The van der Waals surface area contributed by atoms with Crippen molar-refractivity contribution in [3.05, 3.63) is 29.8 Å². The molecule has 7 heteroatoms. The number of halogens is 2. The summed E-state index contributed by atoms with van der Waals surface area (Å²) in [4.78, 5) is -0.356. The quantitative estimate of drug-likeness (QED) is 0.783.